The standard InChI is InChI=1S/C30H24N2O3S/c1-19-3-8-22(9-4-19)26-18-36-30(32-26)23-10-6-21(7-11-23)16-31-28(33)14-12-24-17-35-27-13-5-20(2)15-25(27)29(24)34/h3-15,17-18H,16H2,1-2H3,(H,31,33)/b14-12+. The van der Waals surface area contributed by atoms with Gasteiger partial charge in [-0.1, -0.05) is 65.7 Å². The van der Waals surface area contributed by atoms with E-state index in [4.69, 9.17) is 9.40 Å². The summed E-state index contributed by atoms with van der Waals surface area (Å²) >= 11 is 1.61. The van der Waals surface area contributed by atoms with Crippen LogP contribution in [0.15, 0.2) is 93.7 Å². The predicted octanol–water partition coefficient (Wildman–Crippen LogP) is 6.53. The largest absolute Gasteiger partial charge is 0.463 e. The lowest BCUT2D eigenvalue weighted by atomic mass is 10.1. The number of carbonyl (C=O) groups is 1. The van der Waals surface area contributed by atoms with Crippen LogP contribution in [0, 0.1) is 13.8 Å². The van der Waals surface area contributed by atoms with Crippen molar-refractivity contribution in [2.75, 3.05) is 0 Å². The Morgan fingerprint density at radius 3 is 2.47 bits per heavy atom. The lowest BCUT2D eigenvalue weighted by Gasteiger charge is -2.04. The van der Waals surface area contributed by atoms with Crippen LogP contribution >= 0.6 is 11.3 Å². The first-order valence-corrected chi connectivity index (χ1v) is 12.4. The van der Waals surface area contributed by atoms with E-state index in [-0.39, 0.29) is 11.3 Å². The molecule has 6 heteroatoms. The Morgan fingerprint density at radius 1 is 0.972 bits per heavy atom. The van der Waals surface area contributed by atoms with E-state index in [1.54, 1.807) is 23.5 Å². The molecule has 0 saturated heterocycles. The first kappa shape index (κ1) is 23.5. The van der Waals surface area contributed by atoms with Crippen LogP contribution in [0.3, 0.4) is 0 Å². The van der Waals surface area contributed by atoms with Crippen molar-refractivity contribution in [3.05, 3.63) is 117 Å². The van der Waals surface area contributed by atoms with Crippen LogP contribution in [-0.4, -0.2) is 10.9 Å². The second kappa shape index (κ2) is 10.1. The molecule has 0 unspecified atom stereocenters. The molecule has 1 amide bonds. The van der Waals surface area contributed by atoms with Crippen LogP contribution in [0.5, 0.6) is 0 Å². The fourth-order valence-corrected chi connectivity index (χ4v) is 4.65. The monoisotopic (exact) mass is 492 g/mol. The molecule has 2 aromatic heterocycles. The number of nitrogens with one attached hydrogen (secondary N) is 1. The van der Waals surface area contributed by atoms with Crippen LogP contribution in [-0.2, 0) is 11.3 Å². The zero-order valence-corrected chi connectivity index (χ0v) is 20.8. The highest BCUT2D eigenvalue weighted by Crippen LogP contribution is 2.29. The molecule has 2 heterocycles. The molecule has 0 atom stereocenters. The summed E-state index contributed by atoms with van der Waals surface area (Å²) in [4.78, 5) is 29.8. The lowest BCUT2D eigenvalue weighted by molar-refractivity contribution is -0.116. The Balaban J connectivity index is 1.21. The second-order valence-electron chi connectivity index (χ2n) is 8.67. The molecular formula is C30H24N2O3S. The fraction of sp³-hybridized carbons (Fsp3) is 0.100. The SMILES string of the molecule is Cc1ccc(-c2csc(-c3ccc(CNC(=O)/C=C/c4coc5ccc(C)cc5c4=O)cc3)n2)cc1. The average molecular weight is 493 g/mol. The van der Waals surface area contributed by atoms with Gasteiger partial charge in [-0.15, -0.1) is 11.3 Å². The first-order valence-electron chi connectivity index (χ1n) is 11.6. The van der Waals surface area contributed by atoms with Crippen molar-refractivity contribution in [2.45, 2.75) is 20.4 Å². The number of thiazole rings is 1. The summed E-state index contributed by atoms with van der Waals surface area (Å²) in [5.41, 5.74) is 6.97. The normalized spacial score (nSPS) is 11.3. The number of carbonyl (C=O) groups excluding carboxylic acids is 1. The Bertz CT molecular complexity index is 1630. The van der Waals surface area contributed by atoms with Crippen molar-refractivity contribution in [1.29, 1.82) is 0 Å². The number of aromatic nitrogens is 1. The Labute approximate surface area is 212 Å². The summed E-state index contributed by atoms with van der Waals surface area (Å²) in [5.74, 6) is -0.287. The van der Waals surface area contributed by atoms with Crippen molar-refractivity contribution >= 4 is 34.3 Å². The fourth-order valence-electron chi connectivity index (χ4n) is 3.82. The zero-order chi connectivity index (χ0) is 25.1. The third-order valence-electron chi connectivity index (χ3n) is 5.89. The smallest absolute Gasteiger partial charge is 0.244 e. The molecule has 36 heavy (non-hydrogen) atoms. The molecule has 5 nitrogen and oxygen atoms in total. The molecular weight excluding hydrogens is 468 g/mol. The summed E-state index contributed by atoms with van der Waals surface area (Å²) in [6.07, 6.45) is 4.22. The van der Waals surface area contributed by atoms with Gasteiger partial charge in [-0.05, 0) is 37.6 Å². The minimum absolute atomic E-state index is 0.160. The van der Waals surface area contributed by atoms with E-state index in [0.717, 1.165) is 33.0 Å². The molecule has 1 N–H and O–H groups in total. The number of benzene rings is 3. The van der Waals surface area contributed by atoms with E-state index < -0.39 is 0 Å². The number of amides is 1. The lowest BCUT2D eigenvalue weighted by Crippen LogP contribution is -2.20. The van der Waals surface area contributed by atoms with Gasteiger partial charge in [0.15, 0.2) is 5.43 Å². The Hall–Kier alpha value is -4.29. The third-order valence-corrected chi connectivity index (χ3v) is 6.78. The minimum atomic E-state index is -0.287. The van der Waals surface area contributed by atoms with E-state index in [2.05, 4.69) is 41.9 Å². The number of hydrogen-bond donors (Lipinski definition) is 1. The summed E-state index contributed by atoms with van der Waals surface area (Å²) in [5, 5.41) is 6.38. The van der Waals surface area contributed by atoms with Gasteiger partial charge in [0, 0.05) is 29.1 Å². The molecule has 0 bridgehead atoms. The minimum Gasteiger partial charge on any atom is -0.463 e. The van der Waals surface area contributed by atoms with Crippen LogP contribution in [0.4, 0.5) is 0 Å². The van der Waals surface area contributed by atoms with Crippen LogP contribution in [0.25, 0.3) is 38.9 Å². The summed E-state index contributed by atoms with van der Waals surface area (Å²) in [6, 6.07) is 21.8. The Morgan fingerprint density at radius 2 is 1.69 bits per heavy atom. The van der Waals surface area contributed by atoms with Crippen molar-refractivity contribution in [3.63, 3.8) is 0 Å². The third kappa shape index (κ3) is 5.19. The van der Waals surface area contributed by atoms with Gasteiger partial charge >= 0.3 is 0 Å². The maximum absolute atomic E-state index is 12.7. The van der Waals surface area contributed by atoms with Gasteiger partial charge in [-0.2, -0.15) is 0 Å². The molecule has 0 aliphatic heterocycles. The van der Waals surface area contributed by atoms with E-state index >= 15 is 0 Å². The van der Waals surface area contributed by atoms with Crippen molar-refractivity contribution in [1.82, 2.24) is 10.3 Å². The van der Waals surface area contributed by atoms with Gasteiger partial charge in [0.25, 0.3) is 0 Å². The van der Waals surface area contributed by atoms with Gasteiger partial charge in [0.1, 0.15) is 16.9 Å². The molecule has 0 saturated carbocycles. The molecule has 178 valence electrons. The number of aryl methyl sites for hydroxylation is 2. The number of fused-ring (bicyclic) bond motifs is 1. The maximum Gasteiger partial charge on any atom is 0.244 e. The van der Waals surface area contributed by atoms with Gasteiger partial charge in [0.05, 0.1) is 16.6 Å². The highest BCUT2D eigenvalue weighted by molar-refractivity contribution is 7.13. The molecule has 0 aliphatic carbocycles. The molecule has 3 aromatic carbocycles. The van der Waals surface area contributed by atoms with Crippen LogP contribution in [0.1, 0.15) is 22.3 Å². The van der Waals surface area contributed by atoms with Gasteiger partial charge in [-0.3, -0.25) is 9.59 Å². The quantitative estimate of drug-likeness (QED) is 0.274. The molecule has 0 aliphatic rings. The summed E-state index contributed by atoms with van der Waals surface area (Å²) in [7, 11) is 0. The van der Waals surface area contributed by atoms with Crippen molar-refractivity contribution < 1.29 is 9.21 Å². The second-order valence-corrected chi connectivity index (χ2v) is 9.53. The van der Waals surface area contributed by atoms with E-state index in [9.17, 15) is 9.59 Å². The molecule has 0 fully saturated rings. The average Bonchev–Trinajstić information content (AvgIpc) is 3.38. The van der Waals surface area contributed by atoms with Crippen LogP contribution in [0.2, 0.25) is 0 Å². The zero-order valence-electron chi connectivity index (χ0n) is 19.9. The number of nitrogens with zero attached hydrogens (tertiary/aromatic N) is 1. The van der Waals surface area contributed by atoms with E-state index in [1.165, 1.54) is 24.0 Å². The Kier molecular flexibility index (Phi) is 6.60. The van der Waals surface area contributed by atoms with Gasteiger partial charge < -0.3 is 9.73 Å². The van der Waals surface area contributed by atoms with Crippen LogP contribution < -0.4 is 10.7 Å². The number of rotatable bonds is 6. The topological polar surface area (TPSA) is 72.2 Å². The molecule has 5 rings (SSSR count). The maximum atomic E-state index is 12.7. The predicted molar refractivity (Wildman–Crippen MR) is 146 cm³/mol. The highest BCUT2D eigenvalue weighted by atomic mass is 32.1. The summed E-state index contributed by atoms with van der Waals surface area (Å²) < 4.78 is 5.53. The van der Waals surface area contributed by atoms with Gasteiger partial charge in [0.2, 0.25) is 5.91 Å². The summed E-state index contributed by atoms with van der Waals surface area (Å²) in [6.45, 7) is 4.36. The van der Waals surface area contributed by atoms with E-state index in [1.807, 2.05) is 37.3 Å². The number of hydrogen-bond acceptors (Lipinski definition) is 5. The molecule has 0 spiro atoms. The first-order chi connectivity index (χ1) is 17.5. The highest BCUT2D eigenvalue weighted by Gasteiger charge is 2.08. The molecule has 5 aromatic rings. The van der Waals surface area contributed by atoms with Gasteiger partial charge in [-0.25, -0.2) is 4.98 Å². The van der Waals surface area contributed by atoms with Crippen molar-refractivity contribution in [2.24, 2.45) is 0 Å². The molecule has 0 radical (unpaired) electrons. The van der Waals surface area contributed by atoms with Crippen molar-refractivity contribution in [3.8, 4) is 21.8 Å². The van der Waals surface area contributed by atoms with E-state index in [0.29, 0.717) is 23.1 Å².